The van der Waals surface area contributed by atoms with Gasteiger partial charge in [0.05, 0.1) is 10.8 Å². The molecule has 2 atom stereocenters. The second-order valence-corrected chi connectivity index (χ2v) is 7.11. The molecule has 0 saturated carbocycles. The van der Waals surface area contributed by atoms with Crippen LogP contribution in [0.2, 0.25) is 0 Å². The van der Waals surface area contributed by atoms with E-state index in [9.17, 15) is 20.0 Å². The van der Waals surface area contributed by atoms with E-state index in [0.29, 0.717) is 31.6 Å². The summed E-state index contributed by atoms with van der Waals surface area (Å²) in [6.07, 6.45) is 2.00. The van der Waals surface area contributed by atoms with Crippen LogP contribution in [0.1, 0.15) is 31.7 Å². The molecule has 7 heteroatoms. The average Bonchev–Trinajstić information content (AvgIpc) is 2.72. The fraction of sp³-hybridized carbons (Fsp3) is 0.381. The van der Waals surface area contributed by atoms with Crippen LogP contribution in [0.25, 0.3) is 0 Å². The number of piperidine rings is 1. The van der Waals surface area contributed by atoms with E-state index in [2.05, 4.69) is 10.2 Å². The number of aliphatic carboxylic acids is 1. The molecule has 1 fully saturated rings. The SMILES string of the molecule is CCC1CC(C(=O)O)CCN1c1ccc([N+](=O)[O-])c(NCc2ccccc2)c1. The third-order valence-corrected chi connectivity index (χ3v) is 5.37. The molecule has 1 aliphatic rings. The molecular weight excluding hydrogens is 358 g/mol. The van der Waals surface area contributed by atoms with Crippen molar-refractivity contribution < 1.29 is 14.8 Å². The van der Waals surface area contributed by atoms with Gasteiger partial charge in [0.15, 0.2) is 0 Å². The number of hydrogen-bond donors (Lipinski definition) is 2. The van der Waals surface area contributed by atoms with Crippen LogP contribution in [0, 0.1) is 16.0 Å². The van der Waals surface area contributed by atoms with Gasteiger partial charge in [-0.1, -0.05) is 37.3 Å². The number of nitro benzene ring substituents is 1. The van der Waals surface area contributed by atoms with Crippen molar-refractivity contribution in [1.82, 2.24) is 0 Å². The van der Waals surface area contributed by atoms with E-state index in [1.807, 2.05) is 43.3 Å². The first kappa shape index (κ1) is 19.7. The molecule has 0 radical (unpaired) electrons. The molecule has 0 aliphatic carbocycles. The summed E-state index contributed by atoms with van der Waals surface area (Å²) >= 11 is 0. The summed E-state index contributed by atoms with van der Waals surface area (Å²) in [4.78, 5) is 24.6. The third-order valence-electron chi connectivity index (χ3n) is 5.37. The summed E-state index contributed by atoms with van der Waals surface area (Å²) in [7, 11) is 0. The highest BCUT2D eigenvalue weighted by Gasteiger charge is 2.32. The number of nitrogens with zero attached hydrogens (tertiary/aromatic N) is 2. The van der Waals surface area contributed by atoms with E-state index in [4.69, 9.17) is 0 Å². The Morgan fingerprint density at radius 2 is 2.04 bits per heavy atom. The summed E-state index contributed by atoms with van der Waals surface area (Å²) < 4.78 is 0. The smallest absolute Gasteiger partial charge is 0.306 e. The predicted molar refractivity (Wildman–Crippen MR) is 109 cm³/mol. The summed E-state index contributed by atoms with van der Waals surface area (Å²) in [6.45, 7) is 3.16. The van der Waals surface area contributed by atoms with Crippen LogP contribution < -0.4 is 10.2 Å². The quantitative estimate of drug-likeness (QED) is 0.547. The second-order valence-electron chi connectivity index (χ2n) is 7.11. The number of carbonyl (C=O) groups is 1. The van der Waals surface area contributed by atoms with Crippen LogP contribution in [0.15, 0.2) is 48.5 Å². The summed E-state index contributed by atoms with van der Waals surface area (Å²) in [5, 5.41) is 24.0. The molecule has 7 nitrogen and oxygen atoms in total. The third kappa shape index (κ3) is 4.42. The van der Waals surface area contributed by atoms with Gasteiger partial charge in [0.1, 0.15) is 5.69 Å². The Morgan fingerprint density at radius 1 is 1.29 bits per heavy atom. The maximum absolute atomic E-state index is 11.4. The highest BCUT2D eigenvalue weighted by molar-refractivity contribution is 5.72. The molecule has 0 spiro atoms. The summed E-state index contributed by atoms with van der Waals surface area (Å²) in [5.41, 5.74) is 2.43. The van der Waals surface area contributed by atoms with Gasteiger partial charge < -0.3 is 15.3 Å². The zero-order valence-corrected chi connectivity index (χ0v) is 15.9. The summed E-state index contributed by atoms with van der Waals surface area (Å²) in [5.74, 6) is -1.07. The Kier molecular flexibility index (Phi) is 6.13. The molecule has 148 valence electrons. The number of carboxylic acids is 1. The van der Waals surface area contributed by atoms with Crippen LogP contribution in [-0.2, 0) is 11.3 Å². The fourth-order valence-corrected chi connectivity index (χ4v) is 3.80. The van der Waals surface area contributed by atoms with Crippen molar-refractivity contribution in [3.8, 4) is 0 Å². The zero-order chi connectivity index (χ0) is 20.1. The number of nitro groups is 1. The van der Waals surface area contributed by atoms with Gasteiger partial charge in [-0.05, 0) is 37.0 Å². The molecule has 28 heavy (non-hydrogen) atoms. The van der Waals surface area contributed by atoms with Crippen LogP contribution >= 0.6 is 0 Å². The molecule has 0 bridgehead atoms. The molecule has 1 heterocycles. The topological polar surface area (TPSA) is 95.7 Å². The lowest BCUT2D eigenvalue weighted by molar-refractivity contribution is -0.384. The average molecular weight is 383 g/mol. The first-order valence-electron chi connectivity index (χ1n) is 9.55. The number of nitrogens with one attached hydrogen (secondary N) is 1. The van der Waals surface area contributed by atoms with Crippen molar-refractivity contribution in [3.05, 3.63) is 64.2 Å². The Morgan fingerprint density at radius 3 is 2.68 bits per heavy atom. The molecule has 1 saturated heterocycles. The van der Waals surface area contributed by atoms with Crippen LogP contribution in [0.5, 0.6) is 0 Å². The van der Waals surface area contributed by atoms with Gasteiger partial charge in [-0.25, -0.2) is 0 Å². The molecule has 3 rings (SSSR count). The molecule has 2 aromatic carbocycles. The number of rotatable bonds is 7. The van der Waals surface area contributed by atoms with Crippen molar-refractivity contribution >= 4 is 23.0 Å². The van der Waals surface area contributed by atoms with Crippen molar-refractivity contribution in [2.75, 3.05) is 16.8 Å². The van der Waals surface area contributed by atoms with Gasteiger partial charge in [0, 0.05) is 30.9 Å². The Labute approximate surface area is 164 Å². The maximum atomic E-state index is 11.4. The Hall–Kier alpha value is -3.09. The maximum Gasteiger partial charge on any atom is 0.306 e. The molecule has 0 aromatic heterocycles. The largest absolute Gasteiger partial charge is 0.481 e. The molecule has 2 N–H and O–H groups in total. The minimum atomic E-state index is -0.744. The lowest BCUT2D eigenvalue weighted by Crippen LogP contribution is -2.44. The number of carboxylic acid groups (broad SMARTS) is 1. The van der Waals surface area contributed by atoms with Crippen molar-refractivity contribution in [3.63, 3.8) is 0 Å². The Bertz CT molecular complexity index is 841. The highest BCUT2D eigenvalue weighted by atomic mass is 16.6. The van der Waals surface area contributed by atoms with Crippen LogP contribution in [0.4, 0.5) is 17.1 Å². The molecular formula is C21H25N3O4. The zero-order valence-electron chi connectivity index (χ0n) is 15.9. The first-order valence-corrected chi connectivity index (χ1v) is 9.55. The van der Waals surface area contributed by atoms with E-state index in [1.54, 1.807) is 6.07 Å². The van der Waals surface area contributed by atoms with E-state index >= 15 is 0 Å². The Balaban J connectivity index is 1.83. The predicted octanol–water partition coefficient (Wildman–Crippen LogP) is 4.29. The van der Waals surface area contributed by atoms with Crippen molar-refractivity contribution in [2.24, 2.45) is 5.92 Å². The molecule has 2 unspecified atom stereocenters. The van der Waals surface area contributed by atoms with Crippen LogP contribution in [-0.4, -0.2) is 28.6 Å². The molecule has 0 amide bonds. The van der Waals surface area contributed by atoms with E-state index < -0.39 is 5.97 Å². The lowest BCUT2D eigenvalue weighted by atomic mass is 9.89. The number of hydrogen-bond acceptors (Lipinski definition) is 5. The molecule has 1 aliphatic heterocycles. The van der Waals surface area contributed by atoms with Crippen molar-refractivity contribution in [1.29, 1.82) is 0 Å². The van der Waals surface area contributed by atoms with Gasteiger partial charge >= 0.3 is 5.97 Å². The van der Waals surface area contributed by atoms with Gasteiger partial charge in [0.25, 0.3) is 5.69 Å². The monoisotopic (exact) mass is 383 g/mol. The van der Waals surface area contributed by atoms with Crippen molar-refractivity contribution in [2.45, 2.75) is 38.8 Å². The second kappa shape index (κ2) is 8.73. The first-order chi connectivity index (χ1) is 13.5. The van der Waals surface area contributed by atoms with E-state index in [-0.39, 0.29) is 22.6 Å². The summed E-state index contributed by atoms with van der Waals surface area (Å²) in [6, 6.07) is 14.9. The highest BCUT2D eigenvalue weighted by Crippen LogP contribution is 2.35. The number of anilines is 2. The minimum absolute atomic E-state index is 0.0353. The van der Waals surface area contributed by atoms with E-state index in [1.165, 1.54) is 6.07 Å². The molecule has 2 aromatic rings. The van der Waals surface area contributed by atoms with Gasteiger partial charge in [-0.15, -0.1) is 0 Å². The van der Waals surface area contributed by atoms with Gasteiger partial charge in [0.2, 0.25) is 0 Å². The normalized spacial score (nSPS) is 19.2. The minimum Gasteiger partial charge on any atom is -0.481 e. The van der Waals surface area contributed by atoms with Gasteiger partial charge in [-0.3, -0.25) is 14.9 Å². The fourth-order valence-electron chi connectivity index (χ4n) is 3.80. The van der Waals surface area contributed by atoms with Gasteiger partial charge in [-0.2, -0.15) is 0 Å². The lowest BCUT2D eigenvalue weighted by Gasteiger charge is -2.39. The van der Waals surface area contributed by atoms with Crippen LogP contribution in [0.3, 0.4) is 0 Å². The standard InChI is InChI=1S/C21H25N3O4/c1-2-17-12-16(21(25)26)10-11-23(17)18-8-9-20(24(27)28)19(13-18)22-14-15-6-4-3-5-7-15/h3-9,13,16-17,22H,2,10-12,14H2,1H3,(H,25,26). The van der Waals surface area contributed by atoms with E-state index in [0.717, 1.165) is 17.7 Å². The number of benzene rings is 2.